The number of allylic oxidation sites excluding steroid dienone is 4. The van der Waals surface area contributed by atoms with Gasteiger partial charge in [0.1, 0.15) is 0 Å². The van der Waals surface area contributed by atoms with Crippen LogP contribution in [-0.2, 0) is 19.1 Å². The van der Waals surface area contributed by atoms with Crippen LogP contribution in [0.1, 0.15) is 11.5 Å². The topological polar surface area (TPSA) is 110 Å². The molecular formula is C31H27N3O5S. The minimum Gasteiger partial charge on any atom is -0.493 e. The van der Waals surface area contributed by atoms with Crippen molar-refractivity contribution in [2.75, 3.05) is 19.5 Å². The van der Waals surface area contributed by atoms with E-state index in [1.807, 2.05) is 66.7 Å². The summed E-state index contributed by atoms with van der Waals surface area (Å²) < 4.78 is 9.40. The molecule has 8 nitrogen and oxygen atoms in total. The molecular weight excluding hydrogens is 526 g/mol. The number of aromatic nitrogens is 2. The average molecular weight is 554 g/mol. The number of hydrogen-bond acceptors (Lipinski definition) is 7. The molecule has 2 N–H and O–H groups in total. The molecule has 0 radical (unpaired) electrons. The molecule has 0 aliphatic heterocycles. The van der Waals surface area contributed by atoms with Gasteiger partial charge in [0.15, 0.2) is 11.5 Å². The first-order chi connectivity index (χ1) is 19.4. The summed E-state index contributed by atoms with van der Waals surface area (Å²) >= 11 is 1.67. The van der Waals surface area contributed by atoms with Crippen molar-refractivity contribution in [3.05, 3.63) is 121 Å². The predicted molar refractivity (Wildman–Crippen MR) is 155 cm³/mol. The van der Waals surface area contributed by atoms with Crippen molar-refractivity contribution in [1.82, 2.24) is 9.97 Å². The molecule has 1 atom stereocenters. The summed E-state index contributed by atoms with van der Waals surface area (Å²) in [5, 5.41) is 2.52. The van der Waals surface area contributed by atoms with E-state index < -0.39 is 6.09 Å². The van der Waals surface area contributed by atoms with Crippen molar-refractivity contribution < 1.29 is 23.9 Å². The lowest BCUT2D eigenvalue weighted by Crippen LogP contribution is -2.18. The number of fused-ring (bicyclic) bond motifs is 1. The second kappa shape index (κ2) is 13.3. The Bertz CT molecular complexity index is 1590. The van der Waals surface area contributed by atoms with E-state index in [0.717, 1.165) is 21.5 Å². The second-order valence-corrected chi connectivity index (χ2v) is 9.61. The normalized spacial score (nSPS) is 13.3. The van der Waals surface area contributed by atoms with Crippen molar-refractivity contribution in [2.45, 2.75) is 15.7 Å². The zero-order valence-corrected chi connectivity index (χ0v) is 22.7. The van der Waals surface area contributed by atoms with Gasteiger partial charge in [-0.25, -0.2) is 9.78 Å². The van der Waals surface area contributed by atoms with Crippen LogP contribution in [0, 0.1) is 0 Å². The van der Waals surface area contributed by atoms with Gasteiger partial charge in [-0.15, -0.1) is 6.58 Å². The molecule has 1 aromatic heterocycles. The number of aromatic amines is 1. The van der Waals surface area contributed by atoms with Gasteiger partial charge in [0, 0.05) is 27.4 Å². The van der Waals surface area contributed by atoms with Crippen molar-refractivity contribution in [3.63, 3.8) is 0 Å². The first kappa shape index (κ1) is 28.1. The van der Waals surface area contributed by atoms with Gasteiger partial charge >= 0.3 is 6.09 Å². The molecule has 1 unspecified atom stereocenters. The van der Waals surface area contributed by atoms with Crippen molar-refractivity contribution in [2.24, 2.45) is 0 Å². The number of nitrogens with one attached hydrogen (secondary N) is 2. The van der Waals surface area contributed by atoms with Gasteiger partial charge < -0.3 is 14.5 Å². The summed E-state index contributed by atoms with van der Waals surface area (Å²) in [6.07, 6.45) is 3.68. The fourth-order valence-electron chi connectivity index (χ4n) is 3.95. The van der Waals surface area contributed by atoms with Crippen LogP contribution in [-0.4, -0.2) is 41.8 Å². The van der Waals surface area contributed by atoms with E-state index >= 15 is 0 Å². The van der Waals surface area contributed by atoms with E-state index in [1.165, 1.54) is 31.3 Å². The van der Waals surface area contributed by atoms with Gasteiger partial charge in [-0.05, 0) is 42.0 Å². The second-order valence-electron chi connectivity index (χ2n) is 8.46. The first-order valence-electron chi connectivity index (χ1n) is 12.2. The lowest BCUT2D eigenvalue weighted by Gasteiger charge is -2.18. The van der Waals surface area contributed by atoms with Crippen LogP contribution in [0.2, 0.25) is 0 Å². The molecule has 4 aromatic rings. The molecule has 1 aliphatic carbocycles. The SMILES string of the molecule is C=CC(C1=CC(=O)C(OC)=CC1=O)c1ccccc1.COC(=O)Nc1nc2ccc(Sc3ccccc3)cc2[nH]1. The average Bonchev–Trinajstić information content (AvgIpc) is 3.38. The lowest BCUT2D eigenvalue weighted by atomic mass is 9.85. The zero-order chi connectivity index (χ0) is 28.5. The molecule has 1 amide bonds. The Morgan fingerprint density at radius 3 is 2.30 bits per heavy atom. The van der Waals surface area contributed by atoms with Crippen molar-refractivity contribution >= 4 is 46.4 Å². The van der Waals surface area contributed by atoms with Crippen LogP contribution in [0.3, 0.4) is 0 Å². The molecule has 0 spiro atoms. The van der Waals surface area contributed by atoms with Gasteiger partial charge in [-0.3, -0.25) is 14.9 Å². The maximum absolute atomic E-state index is 12.1. The number of amides is 1. The largest absolute Gasteiger partial charge is 0.493 e. The number of imidazole rings is 1. The number of ether oxygens (including phenoxy) is 2. The van der Waals surface area contributed by atoms with E-state index in [0.29, 0.717) is 11.5 Å². The zero-order valence-electron chi connectivity index (χ0n) is 21.9. The number of rotatable bonds is 7. The first-order valence-corrected chi connectivity index (χ1v) is 13.0. The third-order valence-electron chi connectivity index (χ3n) is 5.86. The van der Waals surface area contributed by atoms with Crippen LogP contribution < -0.4 is 5.32 Å². The van der Waals surface area contributed by atoms with Crippen LogP contribution in [0.25, 0.3) is 11.0 Å². The molecule has 202 valence electrons. The summed E-state index contributed by atoms with van der Waals surface area (Å²) in [6, 6.07) is 25.5. The smallest absolute Gasteiger partial charge is 0.413 e. The molecule has 0 bridgehead atoms. The molecule has 5 rings (SSSR count). The lowest BCUT2D eigenvalue weighted by molar-refractivity contribution is -0.117. The highest BCUT2D eigenvalue weighted by molar-refractivity contribution is 7.99. The Morgan fingerprint density at radius 1 is 0.950 bits per heavy atom. The number of ketones is 2. The summed E-state index contributed by atoms with van der Waals surface area (Å²) in [5.41, 5.74) is 3.01. The number of carbonyl (C=O) groups is 3. The Labute approximate surface area is 235 Å². The number of anilines is 1. The summed E-state index contributed by atoms with van der Waals surface area (Å²) in [7, 11) is 2.69. The number of carbonyl (C=O) groups excluding carboxylic acids is 3. The third-order valence-corrected chi connectivity index (χ3v) is 6.86. The minimum absolute atomic E-state index is 0.0737. The van der Waals surface area contributed by atoms with Crippen molar-refractivity contribution in [1.29, 1.82) is 0 Å². The molecule has 0 fully saturated rings. The van der Waals surface area contributed by atoms with Crippen molar-refractivity contribution in [3.8, 4) is 0 Å². The number of methoxy groups -OCH3 is 2. The van der Waals surface area contributed by atoms with Gasteiger partial charge in [0.05, 0.1) is 25.3 Å². The van der Waals surface area contributed by atoms with Gasteiger partial charge in [-0.1, -0.05) is 66.4 Å². The van der Waals surface area contributed by atoms with E-state index in [-0.39, 0.29) is 23.2 Å². The molecule has 0 saturated heterocycles. The summed E-state index contributed by atoms with van der Waals surface area (Å²) in [6.45, 7) is 3.75. The number of nitrogens with zero attached hydrogens (tertiary/aromatic N) is 1. The molecule has 3 aromatic carbocycles. The van der Waals surface area contributed by atoms with Gasteiger partial charge in [0.25, 0.3) is 0 Å². The summed E-state index contributed by atoms with van der Waals surface area (Å²) in [4.78, 5) is 44.6. The van der Waals surface area contributed by atoms with E-state index in [1.54, 1.807) is 17.8 Å². The molecule has 9 heteroatoms. The number of hydrogen-bond donors (Lipinski definition) is 2. The van der Waals surface area contributed by atoms with Gasteiger partial charge in [0.2, 0.25) is 11.7 Å². The van der Waals surface area contributed by atoms with Crippen LogP contribution in [0.15, 0.2) is 125 Å². The Balaban J connectivity index is 0.000000186. The Hall–Kier alpha value is -4.89. The monoisotopic (exact) mass is 553 g/mol. The minimum atomic E-state index is -0.548. The van der Waals surface area contributed by atoms with E-state index in [4.69, 9.17) is 4.74 Å². The fourth-order valence-corrected chi connectivity index (χ4v) is 4.82. The fraction of sp³-hybridized carbons (Fsp3) is 0.0968. The highest BCUT2D eigenvalue weighted by Gasteiger charge is 2.26. The Morgan fingerprint density at radius 2 is 1.65 bits per heavy atom. The number of H-pyrrole nitrogens is 1. The molecule has 1 aliphatic rings. The van der Waals surface area contributed by atoms with E-state index in [2.05, 4.69) is 38.7 Å². The van der Waals surface area contributed by atoms with Crippen LogP contribution >= 0.6 is 11.8 Å². The standard InChI is InChI=1S/C16H14O3.C15H13N3O2S/c1-3-12(11-7-5-4-6-8-11)13-9-15(18)16(19-2)10-14(13)17;1-20-15(19)18-14-16-12-8-7-11(9-13(12)17-14)21-10-5-3-2-4-6-10/h3-10,12H,1H2,2H3;2-9H,1H3,(H2,16,17,18,19). The van der Waals surface area contributed by atoms with Crippen LogP contribution in [0.5, 0.6) is 0 Å². The summed E-state index contributed by atoms with van der Waals surface area (Å²) in [5.74, 6) is -0.347. The Kier molecular flexibility index (Phi) is 9.32. The van der Waals surface area contributed by atoms with E-state index in [9.17, 15) is 14.4 Å². The third kappa shape index (κ3) is 6.95. The van der Waals surface area contributed by atoms with Gasteiger partial charge in [-0.2, -0.15) is 0 Å². The maximum Gasteiger partial charge on any atom is 0.413 e. The molecule has 0 saturated carbocycles. The highest BCUT2D eigenvalue weighted by Crippen LogP contribution is 2.30. The molecule has 40 heavy (non-hydrogen) atoms. The predicted octanol–water partition coefficient (Wildman–Crippen LogP) is 6.46. The molecule has 1 heterocycles. The van der Waals surface area contributed by atoms with Crippen LogP contribution in [0.4, 0.5) is 10.7 Å². The maximum atomic E-state index is 12.1. The highest BCUT2D eigenvalue weighted by atomic mass is 32.2. The quantitative estimate of drug-likeness (QED) is 0.200. The number of benzene rings is 3.